The Morgan fingerprint density at radius 1 is 1.17 bits per heavy atom. The Morgan fingerprint density at radius 2 is 1.90 bits per heavy atom. The molecule has 0 radical (unpaired) electrons. The minimum Gasteiger partial charge on any atom is -0.482 e. The van der Waals surface area contributed by atoms with Gasteiger partial charge in [0.2, 0.25) is 0 Å². The van der Waals surface area contributed by atoms with Gasteiger partial charge < -0.3 is 14.8 Å². The molecule has 9 heteroatoms. The first kappa shape index (κ1) is 21.8. The van der Waals surface area contributed by atoms with Crippen molar-refractivity contribution in [2.75, 3.05) is 18.5 Å². The molecule has 1 N–H and O–H groups in total. The highest BCUT2D eigenvalue weighted by atomic mass is 19.1. The maximum atomic E-state index is 13.1. The summed E-state index contributed by atoms with van der Waals surface area (Å²) in [4.78, 5) is 33.7. The Balaban J connectivity index is 1.84. The predicted molar refractivity (Wildman–Crippen MR) is 103 cm³/mol. The first-order valence-electron chi connectivity index (χ1n) is 8.80. The molecule has 0 unspecified atom stereocenters. The smallest absolute Gasteiger partial charge is 0.344 e. The molecule has 1 amide bonds. The molecule has 0 aliphatic heterocycles. The Hall–Kier alpha value is -3.49. The number of amides is 1. The van der Waals surface area contributed by atoms with Crippen LogP contribution in [-0.4, -0.2) is 30.0 Å². The monoisotopic (exact) mass is 404 g/mol. The Kier molecular flexibility index (Phi) is 7.24. The summed E-state index contributed by atoms with van der Waals surface area (Å²) in [7, 11) is 0. The average molecular weight is 404 g/mol. The van der Waals surface area contributed by atoms with Crippen molar-refractivity contribution in [2.45, 2.75) is 26.7 Å². The molecule has 0 spiro atoms. The van der Waals surface area contributed by atoms with Crippen molar-refractivity contribution in [2.24, 2.45) is 0 Å². The molecular weight excluding hydrogens is 383 g/mol. The summed E-state index contributed by atoms with van der Waals surface area (Å²) < 4.78 is 23.3. The van der Waals surface area contributed by atoms with Crippen molar-refractivity contribution in [1.82, 2.24) is 0 Å². The minimum atomic E-state index is -0.828. The van der Waals surface area contributed by atoms with Gasteiger partial charge in [0.15, 0.2) is 13.2 Å². The van der Waals surface area contributed by atoms with E-state index in [0.29, 0.717) is 17.7 Å². The van der Waals surface area contributed by atoms with Gasteiger partial charge in [-0.15, -0.1) is 0 Å². The lowest BCUT2D eigenvalue weighted by Crippen LogP contribution is -2.24. The van der Waals surface area contributed by atoms with Gasteiger partial charge in [-0.25, -0.2) is 9.18 Å². The predicted octanol–water partition coefficient (Wildman–Crippen LogP) is 3.73. The number of hydrogen-bond donors (Lipinski definition) is 1. The van der Waals surface area contributed by atoms with Gasteiger partial charge in [0.25, 0.3) is 11.6 Å². The van der Waals surface area contributed by atoms with Crippen LogP contribution in [0, 0.1) is 22.9 Å². The largest absolute Gasteiger partial charge is 0.482 e. The van der Waals surface area contributed by atoms with Crippen molar-refractivity contribution in [3.05, 3.63) is 63.5 Å². The summed E-state index contributed by atoms with van der Waals surface area (Å²) in [5.74, 6) is -1.53. The van der Waals surface area contributed by atoms with E-state index >= 15 is 0 Å². The lowest BCUT2D eigenvalue weighted by Gasteiger charge is -2.12. The highest BCUT2D eigenvalue weighted by Crippen LogP contribution is 2.25. The first-order valence-corrected chi connectivity index (χ1v) is 8.80. The Bertz CT molecular complexity index is 929. The standard InChI is InChI=1S/C20H21FN2O6/c1-12(2)16-6-5-15(8-13(16)3)28-11-20(25)29-10-19(24)22-17-7-4-14(21)9-18(17)23(26)27/h4-9,12H,10-11H2,1-3H3,(H,22,24). The molecule has 2 aromatic carbocycles. The summed E-state index contributed by atoms with van der Waals surface area (Å²) in [5.41, 5.74) is 1.40. The number of nitrogens with zero attached hydrogens (tertiary/aromatic N) is 1. The summed E-state index contributed by atoms with van der Waals surface area (Å²) >= 11 is 0. The van der Waals surface area contributed by atoms with E-state index in [-0.39, 0.29) is 5.69 Å². The third-order valence-electron chi connectivity index (χ3n) is 4.01. The Labute approximate surface area is 166 Å². The lowest BCUT2D eigenvalue weighted by atomic mass is 9.98. The van der Waals surface area contributed by atoms with E-state index in [0.717, 1.165) is 17.7 Å². The molecule has 2 aromatic rings. The molecule has 0 heterocycles. The second-order valence-corrected chi connectivity index (χ2v) is 6.59. The van der Waals surface area contributed by atoms with E-state index in [1.807, 2.05) is 19.1 Å². The fraction of sp³-hybridized carbons (Fsp3) is 0.300. The highest BCUT2D eigenvalue weighted by Gasteiger charge is 2.18. The molecule has 0 saturated heterocycles. The van der Waals surface area contributed by atoms with Gasteiger partial charge in [0.1, 0.15) is 17.3 Å². The Morgan fingerprint density at radius 3 is 2.52 bits per heavy atom. The fourth-order valence-electron chi connectivity index (χ4n) is 2.66. The first-order chi connectivity index (χ1) is 13.7. The summed E-state index contributed by atoms with van der Waals surface area (Å²) in [6, 6.07) is 8.18. The van der Waals surface area contributed by atoms with Crippen LogP contribution in [-0.2, 0) is 14.3 Å². The number of halogens is 1. The number of nitro groups is 1. The van der Waals surface area contributed by atoms with Crippen LogP contribution in [0.4, 0.5) is 15.8 Å². The van der Waals surface area contributed by atoms with Crippen molar-refractivity contribution in [3.63, 3.8) is 0 Å². The van der Waals surface area contributed by atoms with E-state index in [2.05, 4.69) is 19.2 Å². The topological polar surface area (TPSA) is 108 Å². The molecule has 0 saturated carbocycles. The van der Waals surface area contributed by atoms with E-state index in [9.17, 15) is 24.1 Å². The second kappa shape index (κ2) is 9.63. The molecule has 0 atom stereocenters. The van der Waals surface area contributed by atoms with Crippen molar-refractivity contribution in [3.8, 4) is 5.75 Å². The van der Waals surface area contributed by atoms with E-state index < -0.39 is 41.5 Å². The van der Waals surface area contributed by atoms with Gasteiger partial charge in [0, 0.05) is 0 Å². The molecule has 0 bridgehead atoms. The van der Waals surface area contributed by atoms with Crippen LogP contribution in [0.2, 0.25) is 0 Å². The van der Waals surface area contributed by atoms with Gasteiger partial charge in [0.05, 0.1) is 11.0 Å². The van der Waals surface area contributed by atoms with E-state index in [1.54, 1.807) is 6.07 Å². The molecule has 8 nitrogen and oxygen atoms in total. The summed E-state index contributed by atoms with van der Waals surface area (Å²) in [6.07, 6.45) is 0. The average Bonchev–Trinajstić information content (AvgIpc) is 2.65. The van der Waals surface area contributed by atoms with Gasteiger partial charge in [-0.3, -0.25) is 14.9 Å². The number of ether oxygens (including phenoxy) is 2. The summed E-state index contributed by atoms with van der Waals surface area (Å²) in [6.45, 7) is 5.03. The highest BCUT2D eigenvalue weighted by molar-refractivity contribution is 5.94. The lowest BCUT2D eigenvalue weighted by molar-refractivity contribution is -0.384. The molecule has 2 rings (SSSR count). The van der Waals surface area contributed by atoms with Crippen molar-refractivity contribution < 1.29 is 28.4 Å². The molecular formula is C20H21FN2O6. The van der Waals surface area contributed by atoms with Gasteiger partial charge in [-0.2, -0.15) is 0 Å². The maximum absolute atomic E-state index is 13.1. The van der Waals surface area contributed by atoms with Gasteiger partial charge >= 0.3 is 5.97 Å². The number of benzene rings is 2. The number of hydrogen-bond acceptors (Lipinski definition) is 6. The number of anilines is 1. The van der Waals surface area contributed by atoms with Crippen LogP contribution < -0.4 is 10.1 Å². The third kappa shape index (κ3) is 6.27. The molecule has 154 valence electrons. The summed E-state index contributed by atoms with van der Waals surface area (Å²) in [5, 5.41) is 13.1. The number of nitrogens with one attached hydrogen (secondary N) is 1. The van der Waals surface area contributed by atoms with Crippen LogP contribution in [0.3, 0.4) is 0 Å². The zero-order valence-corrected chi connectivity index (χ0v) is 16.2. The van der Waals surface area contributed by atoms with Crippen molar-refractivity contribution >= 4 is 23.3 Å². The van der Waals surface area contributed by atoms with Crippen molar-refractivity contribution in [1.29, 1.82) is 0 Å². The second-order valence-electron chi connectivity index (χ2n) is 6.59. The van der Waals surface area contributed by atoms with Crippen LogP contribution >= 0.6 is 0 Å². The molecule has 0 aliphatic rings. The van der Waals surface area contributed by atoms with E-state index in [4.69, 9.17) is 9.47 Å². The van der Waals surface area contributed by atoms with Gasteiger partial charge in [-0.1, -0.05) is 19.9 Å². The number of nitro benzene ring substituents is 1. The zero-order valence-electron chi connectivity index (χ0n) is 16.2. The van der Waals surface area contributed by atoms with Crippen LogP contribution in [0.1, 0.15) is 30.9 Å². The maximum Gasteiger partial charge on any atom is 0.344 e. The number of carbonyl (C=O) groups excluding carboxylic acids is 2. The minimum absolute atomic E-state index is 0.200. The third-order valence-corrected chi connectivity index (χ3v) is 4.01. The van der Waals surface area contributed by atoms with Crippen LogP contribution in [0.25, 0.3) is 0 Å². The molecule has 0 fully saturated rings. The normalized spacial score (nSPS) is 10.5. The van der Waals surface area contributed by atoms with Gasteiger partial charge in [-0.05, 0) is 48.2 Å². The molecule has 0 aliphatic carbocycles. The quantitative estimate of drug-likeness (QED) is 0.408. The van der Waals surface area contributed by atoms with Crippen LogP contribution in [0.5, 0.6) is 5.75 Å². The number of rotatable bonds is 8. The number of carbonyl (C=O) groups is 2. The fourth-order valence-corrected chi connectivity index (χ4v) is 2.66. The number of esters is 1. The zero-order chi connectivity index (χ0) is 21.6. The SMILES string of the molecule is Cc1cc(OCC(=O)OCC(=O)Nc2ccc(F)cc2[N+](=O)[O-])ccc1C(C)C. The van der Waals surface area contributed by atoms with E-state index in [1.165, 1.54) is 5.56 Å². The number of aryl methyl sites for hydroxylation is 1. The van der Waals surface area contributed by atoms with Crippen LogP contribution in [0.15, 0.2) is 36.4 Å². The molecule has 29 heavy (non-hydrogen) atoms. The molecule has 0 aromatic heterocycles.